The third kappa shape index (κ3) is 1.96. The van der Waals surface area contributed by atoms with E-state index in [1.807, 2.05) is 0 Å². The molecule has 0 atom stereocenters. The molecule has 0 radical (unpaired) electrons. The van der Waals surface area contributed by atoms with Gasteiger partial charge in [-0.3, -0.25) is 0 Å². The molecule has 1 heterocycles. The highest BCUT2D eigenvalue weighted by Crippen LogP contribution is 2.40. The van der Waals surface area contributed by atoms with E-state index in [9.17, 15) is 26.3 Å². The summed E-state index contributed by atoms with van der Waals surface area (Å²) >= 11 is 0. The van der Waals surface area contributed by atoms with Gasteiger partial charge in [0.25, 0.3) is 0 Å². The van der Waals surface area contributed by atoms with Crippen LogP contribution in [0.3, 0.4) is 0 Å². The quantitative estimate of drug-likeness (QED) is 0.591. The smallest absolute Gasteiger partial charge is 0.450 e. The minimum atomic E-state index is -5.12. The first-order chi connectivity index (χ1) is 5.73. The summed E-state index contributed by atoms with van der Waals surface area (Å²) in [5.41, 5.74) is -1.81. The number of halogens is 6. The molecule has 1 nitrogen and oxygen atoms in total. The summed E-state index contributed by atoms with van der Waals surface area (Å²) in [7, 11) is 0. The third-order valence-corrected chi connectivity index (χ3v) is 1.23. The number of furan rings is 1. The number of rotatable bonds is 0. The van der Waals surface area contributed by atoms with Crippen LogP contribution in [0.4, 0.5) is 26.3 Å². The van der Waals surface area contributed by atoms with Crippen molar-refractivity contribution in [2.45, 2.75) is 12.4 Å². The molecule has 0 unspecified atom stereocenters. The molecule has 0 aliphatic carbocycles. The molecule has 0 aliphatic rings. The van der Waals surface area contributed by atoms with E-state index in [1.54, 1.807) is 0 Å². The van der Waals surface area contributed by atoms with Gasteiger partial charge in [-0.15, -0.1) is 0 Å². The molecule has 7 heteroatoms. The first-order valence-electron chi connectivity index (χ1n) is 2.95. The van der Waals surface area contributed by atoms with E-state index in [0.717, 1.165) is 0 Å². The Morgan fingerprint density at radius 3 is 1.77 bits per heavy atom. The predicted molar refractivity (Wildman–Crippen MR) is 28.7 cm³/mol. The van der Waals surface area contributed by atoms with E-state index in [0.29, 0.717) is 6.26 Å². The largest absolute Gasteiger partial charge is 0.459 e. The minimum absolute atomic E-state index is 0.239. The van der Waals surface area contributed by atoms with Gasteiger partial charge < -0.3 is 4.42 Å². The second-order valence-corrected chi connectivity index (χ2v) is 2.16. The van der Waals surface area contributed by atoms with E-state index in [1.165, 1.54) is 0 Å². The van der Waals surface area contributed by atoms with Gasteiger partial charge in [0.1, 0.15) is 5.56 Å². The maximum absolute atomic E-state index is 11.9. The molecule has 0 saturated carbocycles. The fourth-order valence-electron chi connectivity index (χ4n) is 0.752. The van der Waals surface area contributed by atoms with E-state index in [-0.39, 0.29) is 6.07 Å². The van der Waals surface area contributed by atoms with Crippen LogP contribution in [-0.4, -0.2) is 0 Å². The van der Waals surface area contributed by atoms with Crippen LogP contribution < -0.4 is 0 Å². The lowest BCUT2D eigenvalue weighted by atomic mass is 10.2. The molecule has 0 aromatic carbocycles. The van der Waals surface area contributed by atoms with Crippen LogP contribution in [0.5, 0.6) is 0 Å². The van der Waals surface area contributed by atoms with Gasteiger partial charge in [0.2, 0.25) is 5.76 Å². The Hall–Kier alpha value is -1.14. The van der Waals surface area contributed by atoms with Crippen molar-refractivity contribution in [1.29, 1.82) is 0 Å². The standard InChI is InChI=1S/C6H2F6O/c7-5(8,9)3-1-2-13-4(3)6(10,11)12/h1-2H. The number of alkyl halides is 6. The lowest BCUT2D eigenvalue weighted by Gasteiger charge is -2.08. The highest BCUT2D eigenvalue weighted by Gasteiger charge is 2.46. The lowest BCUT2D eigenvalue weighted by Crippen LogP contribution is -2.13. The van der Waals surface area contributed by atoms with Crippen LogP contribution in [0.25, 0.3) is 0 Å². The van der Waals surface area contributed by atoms with Gasteiger partial charge in [0, 0.05) is 0 Å². The molecule has 0 amide bonds. The van der Waals surface area contributed by atoms with Crippen molar-refractivity contribution < 1.29 is 30.8 Å². The average Bonchev–Trinajstić information content (AvgIpc) is 2.27. The SMILES string of the molecule is FC(F)(F)c1ccoc1C(F)(F)F. The Bertz CT molecular complexity index is 264. The van der Waals surface area contributed by atoms with Crippen LogP contribution in [0, 0.1) is 0 Å². The Morgan fingerprint density at radius 2 is 1.46 bits per heavy atom. The molecular weight excluding hydrogens is 202 g/mol. The molecule has 1 rings (SSSR count). The zero-order chi connectivity index (χ0) is 10.3. The number of hydrogen-bond acceptors (Lipinski definition) is 1. The molecule has 1 aromatic heterocycles. The van der Waals surface area contributed by atoms with Crippen LogP contribution >= 0.6 is 0 Å². The van der Waals surface area contributed by atoms with Crippen molar-refractivity contribution >= 4 is 0 Å². The summed E-state index contributed by atoms with van der Waals surface area (Å²) in [5, 5.41) is 0. The van der Waals surface area contributed by atoms with Crippen LogP contribution in [0.2, 0.25) is 0 Å². The first-order valence-corrected chi connectivity index (χ1v) is 2.95. The fraction of sp³-hybridized carbons (Fsp3) is 0.333. The summed E-state index contributed by atoms with van der Waals surface area (Å²) in [6, 6.07) is 0.239. The van der Waals surface area contributed by atoms with Crippen molar-refractivity contribution in [3.05, 3.63) is 23.7 Å². The normalized spacial score (nSPS) is 13.4. The predicted octanol–water partition coefficient (Wildman–Crippen LogP) is 3.32. The zero-order valence-electron chi connectivity index (χ0n) is 5.83. The highest BCUT2D eigenvalue weighted by atomic mass is 19.4. The van der Waals surface area contributed by atoms with Crippen molar-refractivity contribution in [3.8, 4) is 0 Å². The fourth-order valence-corrected chi connectivity index (χ4v) is 0.752. The van der Waals surface area contributed by atoms with E-state index in [2.05, 4.69) is 4.42 Å². The molecule has 1 aromatic rings. The molecule has 0 saturated heterocycles. The van der Waals surface area contributed by atoms with Gasteiger partial charge in [-0.05, 0) is 6.07 Å². The first kappa shape index (κ1) is 9.94. The highest BCUT2D eigenvalue weighted by molar-refractivity contribution is 5.22. The third-order valence-electron chi connectivity index (χ3n) is 1.23. The van der Waals surface area contributed by atoms with Gasteiger partial charge in [-0.2, -0.15) is 26.3 Å². The topological polar surface area (TPSA) is 13.1 Å². The monoisotopic (exact) mass is 204 g/mol. The van der Waals surface area contributed by atoms with E-state index < -0.39 is 23.7 Å². The summed E-state index contributed by atoms with van der Waals surface area (Å²) in [4.78, 5) is 0. The lowest BCUT2D eigenvalue weighted by molar-refractivity contribution is -0.172. The molecule has 0 fully saturated rings. The van der Waals surface area contributed by atoms with Gasteiger partial charge in [0.05, 0.1) is 6.26 Å². The zero-order valence-corrected chi connectivity index (χ0v) is 5.83. The molecule has 13 heavy (non-hydrogen) atoms. The van der Waals surface area contributed by atoms with E-state index in [4.69, 9.17) is 0 Å². The second kappa shape index (κ2) is 2.68. The van der Waals surface area contributed by atoms with Crippen LogP contribution in [0.15, 0.2) is 16.7 Å². The summed E-state index contributed by atoms with van der Waals surface area (Å²) in [6.07, 6.45) is -9.81. The average molecular weight is 204 g/mol. The van der Waals surface area contributed by atoms with Gasteiger partial charge in [-0.1, -0.05) is 0 Å². The van der Waals surface area contributed by atoms with Gasteiger partial charge >= 0.3 is 12.4 Å². The second-order valence-electron chi connectivity index (χ2n) is 2.16. The van der Waals surface area contributed by atoms with Crippen LogP contribution in [-0.2, 0) is 12.4 Å². The molecular formula is C6H2F6O. The Morgan fingerprint density at radius 1 is 0.923 bits per heavy atom. The van der Waals surface area contributed by atoms with Gasteiger partial charge in [0.15, 0.2) is 0 Å². The summed E-state index contributed by atoms with van der Waals surface area (Å²) < 4.78 is 74.7. The molecule has 74 valence electrons. The Labute approximate surface area is 67.9 Å². The minimum Gasteiger partial charge on any atom is -0.459 e. The van der Waals surface area contributed by atoms with Crippen LogP contribution in [0.1, 0.15) is 11.3 Å². The molecule has 0 spiro atoms. The molecule has 0 aliphatic heterocycles. The van der Waals surface area contributed by atoms with Crippen molar-refractivity contribution in [3.63, 3.8) is 0 Å². The maximum Gasteiger partial charge on any atom is 0.450 e. The van der Waals surface area contributed by atoms with Crippen molar-refractivity contribution in [2.24, 2.45) is 0 Å². The van der Waals surface area contributed by atoms with E-state index >= 15 is 0 Å². The Balaban J connectivity index is 3.19. The molecule has 0 N–H and O–H groups in total. The Kier molecular flexibility index (Phi) is 2.05. The van der Waals surface area contributed by atoms with Gasteiger partial charge in [-0.25, -0.2) is 0 Å². The molecule has 0 bridgehead atoms. The van der Waals surface area contributed by atoms with Crippen molar-refractivity contribution in [1.82, 2.24) is 0 Å². The number of hydrogen-bond donors (Lipinski definition) is 0. The maximum atomic E-state index is 11.9. The summed E-state index contributed by atoms with van der Waals surface area (Å²) in [6.45, 7) is 0. The summed E-state index contributed by atoms with van der Waals surface area (Å²) in [5.74, 6) is -2.01. The van der Waals surface area contributed by atoms with Crippen molar-refractivity contribution in [2.75, 3.05) is 0 Å².